The van der Waals surface area contributed by atoms with Gasteiger partial charge >= 0.3 is 12.1 Å². The molecule has 6 nitrogen and oxygen atoms in total. The third-order valence-electron chi connectivity index (χ3n) is 6.40. The van der Waals surface area contributed by atoms with Crippen molar-refractivity contribution in [1.82, 2.24) is 9.78 Å². The zero-order chi connectivity index (χ0) is 30.0. The van der Waals surface area contributed by atoms with Gasteiger partial charge in [-0.05, 0) is 73.2 Å². The van der Waals surface area contributed by atoms with E-state index in [2.05, 4.69) is 10.4 Å². The lowest BCUT2D eigenvalue weighted by Crippen LogP contribution is -2.12. The SMILES string of the molecule is CC(=O)Oc1c(-c2ccc(NC(=O)c3ccc(C(F)(F)F)cc3)cc2)c(-c2ccccc2F)nn1-c1ccc(C)cc1. The molecule has 5 aromatic rings. The summed E-state index contributed by atoms with van der Waals surface area (Å²) in [5.74, 6) is -1.66. The van der Waals surface area contributed by atoms with Crippen LogP contribution in [-0.2, 0) is 11.0 Å². The monoisotopic (exact) mass is 573 g/mol. The molecule has 0 unspecified atom stereocenters. The predicted octanol–water partition coefficient (Wildman–Crippen LogP) is 7.85. The van der Waals surface area contributed by atoms with E-state index >= 15 is 4.39 Å². The number of halogens is 4. The van der Waals surface area contributed by atoms with Gasteiger partial charge in [-0.2, -0.15) is 23.0 Å². The number of aromatic nitrogens is 2. The van der Waals surface area contributed by atoms with E-state index in [0.717, 1.165) is 29.8 Å². The molecule has 42 heavy (non-hydrogen) atoms. The Morgan fingerprint density at radius 1 is 0.857 bits per heavy atom. The lowest BCUT2D eigenvalue weighted by atomic mass is 10.0. The quantitative estimate of drug-likeness (QED) is 0.166. The molecule has 0 saturated carbocycles. The second-order valence-electron chi connectivity index (χ2n) is 9.46. The molecule has 0 saturated heterocycles. The first kappa shape index (κ1) is 28.3. The largest absolute Gasteiger partial charge is 0.416 e. The van der Waals surface area contributed by atoms with Crippen molar-refractivity contribution in [2.24, 2.45) is 0 Å². The van der Waals surface area contributed by atoms with Crippen molar-refractivity contribution in [3.8, 4) is 34.0 Å². The number of alkyl halides is 3. The number of amides is 1. The number of esters is 1. The Bertz CT molecular complexity index is 1760. The standard InChI is InChI=1S/C32H23F4N3O3/c1-19-7-17-25(18-8-19)39-31(42-20(2)40)28(29(38-39)26-5-3-4-6-27(26)33)21-11-15-24(16-12-21)37-30(41)22-9-13-23(14-10-22)32(34,35)36/h3-18H,1-2H3,(H,37,41). The molecular formula is C32H23F4N3O3. The van der Waals surface area contributed by atoms with Crippen molar-refractivity contribution in [1.29, 1.82) is 0 Å². The van der Waals surface area contributed by atoms with Gasteiger partial charge in [-0.3, -0.25) is 9.59 Å². The number of benzene rings is 4. The van der Waals surface area contributed by atoms with Gasteiger partial charge in [-0.15, -0.1) is 0 Å². The van der Waals surface area contributed by atoms with Gasteiger partial charge in [0.1, 0.15) is 11.5 Å². The zero-order valence-electron chi connectivity index (χ0n) is 22.4. The minimum absolute atomic E-state index is 0.0467. The van der Waals surface area contributed by atoms with Gasteiger partial charge < -0.3 is 10.1 Å². The zero-order valence-corrected chi connectivity index (χ0v) is 22.4. The van der Waals surface area contributed by atoms with Crippen LogP contribution in [0.3, 0.4) is 0 Å². The van der Waals surface area contributed by atoms with E-state index in [1.54, 1.807) is 54.6 Å². The fourth-order valence-electron chi connectivity index (χ4n) is 4.33. The van der Waals surface area contributed by atoms with Gasteiger partial charge in [0.05, 0.1) is 16.8 Å². The summed E-state index contributed by atoms with van der Waals surface area (Å²) in [6.45, 7) is 3.17. The number of nitrogens with zero attached hydrogens (tertiary/aromatic N) is 2. The molecule has 0 aliphatic rings. The first-order chi connectivity index (χ1) is 20.0. The third-order valence-corrected chi connectivity index (χ3v) is 6.40. The minimum Gasteiger partial charge on any atom is -0.407 e. The Balaban J connectivity index is 1.55. The number of aryl methyl sites for hydroxylation is 1. The van der Waals surface area contributed by atoms with Crippen LogP contribution in [0.4, 0.5) is 23.2 Å². The highest BCUT2D eigenvalue weighted by molar-refractivity contribution is 6.04. The van der Waals surface area contributed by atoms with Gasteiger partial charge in [0, 0.05) is 23.7 Å². The van der Waals surface area contributed by atoms with Crippen LogP contribution in [0.25, 0.3) is 28.1 Å². The molecule has 1 amide bonds. The van der Waals surface area contributed by atoms with Gasteiger partial charge in [-0.25, -0.2) is 4.39 Å². The molecule has 10 heteroatoms. The molecule has 1 N–H and O–H groups in total. The molecule has 5 rings (SSSR count). The third kappa shape index (κ3) is 5.92. The number of ether oxygens (including phenoxy) is 1. The number of carbonyl (C=O) groups excluding carboxylic acids is 2. The molecule has 0 radical (unpaired) electrons. The van der Waals surface area contributed by atoms with E-state index in [4.69, 9.17) is 4.74 Å². The van der Waals surface area contributed by atoms with Crippen molar-refractivity contribution in [3.63, 3.8) is 0 Å². The maximum atomic E-state index is 15.0. The van der Waals surface area contributed by atoms with Crippen LogP contribution in [0, 0.1) is 12.7 Å². The average molecular weight is 574 g/mol. The molecule has 4 aromatic carbocycles. The molecule has 1 aromatic heterocycles. The molecule has 0 aliphatic heterocycles. The Morgan fingerprint density at radius 2 is 1.50 bits per heavy atom. The lowest BCUT2D eigenvalue weighted by molar-refractivity contribution is -0.137. The van der Waals surface area contributed by atoms with Crippen LogP contribution in [0.15, 0.2) is 97.1 Å². The van der Waals surface area contributed by atoms with Crippen molar-refractivity contribution < 1.29 is 31.9 Å². The molecular weight excluding hydrogens is 550 g/mol. The summed E-state index contributed by atoms with van der Waals surface area (Å²) in [6.07, 6.45) is -4.51. The summed E-state index contributed by atoms with van der Waals surface area (Å²) in [4.78, 5) is 24.8. The molecule has 0 atom stereocenters. The van der Waals surface area contributed by atoms with Crippen LogP contribution < -0.4 is 10.1 Å². The van der Waals surface area contributed by atoms with Gasteiger partial charge in [0.2, 0.25) is 5.88 Å². The number of rotatable bonds is 6. The smallest absolute Gasteiger partial charge is 0.407 e. The van der Waals surface area contributed by atoms with E-state index in [9.17, 15) is 22.8 Å². The summed E-state index contributed by atoms with van der Waals surface area (Å²) in [7, 11) is 0. The van der Waals surface area contributed by atoms with E-state index in [0.29, 0.717) is 22.5 Å². The van der Waals surface area contributed by atoms with E-state index < -0.39 is 29.4 Å². The first-order valence-corrected chi connectivity index (χ1v) is 12.7. The highest BCUT2D eigenvalue weighted by atomic mass is 19.4. The van der Waals surface area contributed by atoms with Crippen molar-refractivity contribution in [2.45, 2.75) is 20.0 Å². The summed E-state index contributed by atoms with van der Waals surface area (Å²) in [5, 5.41) is 7.30. The van der Waals surface area contributed by atoms with Gasteiger partial charge in [0.25, 0.3) is 5.91 Å². The second kappa shape index (κ2) is 11.3. The molecule has 0 spiro atoms. The predicted molar refractivity (Wildman–Crippen MR) is 150 cm³/mol. The Morgan fingerprint density at radius 3 is 2.10 bits per heavy atom. The summed E-state index contributed by atoms with van der Waals surface area (Å²) in [6, 6.07) is 23.7. The van der Waals surface area contributed by atoms with Crippen molar-refractivity contribution >= 4 is 17.6 Å². The Labute approximate surface area is 238 Å². The van der Waals surface area contributed by atoms with Crippen LogP contribution in [-0.4, -0.2) is 21.7 Å². The lowest BCUT2D eigenvalue weighted by Gasteiger charge is -2.11. The van der Waals surface area contributed by atoms with Gasteiger partial charge in [-0.1, -0.05) is 42.0 Å². The first-order valence-electron chi connectivity index (χ1n) is 12.7. The fraction of sp³-hybridized carbons (Fsp3) is 0.0938. The molecule has 212 valence electrons. The number of hydrogen-bond acceptors (Lipinski definition) is 4. The molecule has 0 bridgehead atoms. The van der Waals surface area contributed by atoms with Crippen LogP contribution in [0.1, 0.15) is 28.4 Å². The maximum Gasteiger partial charge on any atom is 0.416 e. The van der Waals surface area contributed by atoms with Crippen molar-refractivity contribution in [3.05, 3.63) is 120 Å². The number of nitrogens with one attached hydrogen (secondary N) is 1. The molecule has 0 aliphatic carbocycles. The normalized spacial score (nSPS) is 11.3. The molecule has 1 heterocycles. The van der Waals surface area contributed by atoms with E-state index in [1.165, 1.54) is 17.7 Å². The highest BCUT2D eigenvalue weighted by Crippen LogP contribution is 2.42. The topological polar surface area (TPSA) is 73.2 Å². The number of anilines is 1. The van der Waals surface area contributed by atoms with Crippen LogP contribution >= 0.6 is 0 Å². The van der Waals surface area contributed by atoms with Crippen LogP contribution in [0.2, 0.25) is 0 Å². The van der Waals surface area contributed by atoms with Crippen molar-refractivity contribution in [2.75, 3.05) is 5.32 Å². The summed E-state index contributed by atoms with van der Waals surface area (Å²) < 4.78 is 60.7. The highest BCUT2D eigenvalue weighted by Gasteiger charge is 2.30. The summed E-state index contributed by atoms with van der Waals surface area (Å²) in [5.41, 5.74) is 2.40. The maximum absolute atomic E-state index is 15.0. The van der Waals surface area contributed by atoms with E-state index in [1.807, 2.05) is 19.1 Å². The molecule has 0 fully saturated rings. The number of hydrogen-bond donors (Lipinski definition) is 1. The Kier molecular flexibility index (Phi) is 7.62. The summed E-state index contributed by atoms with van der Waals surface area (Å²) >= 11 is 0. The van der Waals surface area contributed by atoms with E-state index in [-0.39, 0.29) is 22.7 Å². The number of carbonyl (C=O) groups is 2. The second-order valence-corrected chi connectivity index (χ2v) is 9.46. The van der Waals surface area contributed by atoms with Crippen LogP contribution in [0.5, 0.6) is 5.88 Å². The average Bonchev–Trinajstić information content (AvgIpc) is 3.31. The minimum atomic E-state index is -4.51. The Hall–Kier alpha value is -5.25. The van der Waals surface area contributed by atoms with Gasteiger partial charge in [0.15, 0.2) is 0 Å². The fourth-order valence-corrected chi connectivity index (χ4v) is 4.33.